The second-order valence-corrected chi connectivity index (χ2v) is 7.04. The van der Waals surface area contributed by atoms with Gasteiger partial charge in [0.25, 0.3) is 5.91 Å². The smallest absolute Gasteiger partial charge is 0.253 e. The molecule has 2 aliphatic rings. The van der Waals surface area contributed by atoms with Crippen molar-refractivity contribution in [1.29, 1.82) is 0 Å². The minimum absolute atomic E-state index is 0.0230. The molecule has 3 rings (SSSR count). The molecule has 1 amide bonds. The van der Waals surface area contributed by atoms with E-state index in [0.29, 0.717) is 18.7 Å². The maximum Gasteiger partial charge on any atom is 0.253 e. The predicted octanol–water partition coefficient (Wildman–Crippen LogP) is 2.52. The normalized spacial score (nSPS) is 29.0. The van der Waals surface area contributed by atoms with Gasteiger partial charge in [0.1, 0.15) is 0 Å². The van der Waals surface area contributed by atoms with Crippen molar-refractivity contribution in [1.82, 2.24) is 4.90 Å². The number of anilines is 1. The van der Waals surface area contributed by atoms with Crippen molar-refractivity contribution in [3.8, 4) is 0 Å². The molecule has 2 fully saturated rings. The molecule has 2 aliphatic heterocycles. The van der Waals surface area contributed by atoms with Gasteiger partial charge in [0.05, 0.1) is 5.60 Å². The molecule has 2 heterocycles. The van der Waals surface area contributed by atoms with Crippen LogP contribution in [0.25, 0.3) is 0 Å². The van der Waals surface area contributed by atoms with Gasteiger partial charge in [-0.3, -0.25) is 4.79 Å². The molecule has 0 spiro atoms. The van der Waals surface area contributed by atoms with E-state index >= 15 is 0 Å². The Morgan fingerprint density at radius 2 is 1.82 bits per heavy atom. The summed E-state index contributed by atoms with van der Waals surface area (Å²) >= 11 is 0. The second kappa shape index (κ2) is 5.92. The fourth-order valence-corrected chi connectivity index (χ4v) is 3.44. The molecule has 2 atom stereocenters. The van der Waals surface area contributed by atoms with Gasteiger partial charge >= 0.3 is 0 Å². The Balaban J connectivity index is 1.69. The first-order valence-electron chi connectivity index (χ1n) is 8.34. The number of hydrogen-bond acceptors (Lipinski definition) is 3. The second-order valence-electron chi connectivity index (χ2n) is 7.04. The molecule has 2 unspecified atom stereocenters. The molecule has 1 aromatic rings. The lowest BCUT2D eigenvalue weighted by Crippen LogP contribution is -2.35. The third-order valence-corrected chi connectivity index (χ3v) is 5.19. The molecule has 2 saturated heterocycles. The molecule has 0 saturated carbocycles. The molecule has 0 bridgehead atoms. The topological polar surface area (TPSA) is 43.8 Å². The van der Waals surface area contributed by atoms with Crippen molar-refractivity contribution in [2.24, 2.45) is 5.92 Å². The number of carbonyl (C=O) groups is 1. The minimum atomic E-state index is -0.774. The minimum Gasteiger partial charge on any atom is -0.388 e. The highest BCUT2D eigenvalue weighted by atomic mass is 16.3. The van der Waals surface area contributed by atoms with E-state index < -0.39 is 5.60 Å². The van der Waals surface area contributed by atoms with E-state index in [9.17, 15) is 9.90 Å². The molecule has 0 aromatic heterocycles. The van der Waals surface area contributed by atoms with Gasteiger partial charge in [0, 0.05) is 43.3 Å². The first-order valence-corrected chi connectivity index (χ1v) is 8.34. The van der Waals surface area contributed by atoms with Crippen LogP contribution in [-0.4, -0.2) is 47.7 Å². The van der Waals surface area contributed by atoms with Gasteiger partial charge in [0.2, 0.25) is 0 Å². The van der Waals surface area contributed by atoms with Crippen molar-refractivity contribution in [2.45, 2.75) is 38.7 Å². The number of aliphatic hydroxyl groups is 1. The Hall–Kier alpha value is -1.55. The summed E-state index contributed by atoms with van der Waals surface area (Å²) in [6.45, 7) is 7.07. The number of benzene rings is 1. The summed E-state index contributed by atoms with van der Waals surface area (Å²) in [6.07, 6.45) is 3.82. The zero-order valence-corrected chi connectivity index (χ0v) is 13.6. The highest BCUT2D eigenvalue weighted by Crippen LogP contribution is 2.28. The van der Waals surface area contributed by atoms with Crippen LogP contribution in [0, 0.1) is 5.92 Å². The highest BCUT2D eigenvalue weighted by Gasteiger charge is 2.40. The maximum absolute atomic E-state index is 12.6. The number of amides is 1. The van der Waals surface area contributed by atoms with Gasteiger partial charge in [-0.05, 0) is 50.5 Å². The van der Waals surface area contributed by atoms with Gasteiger partial charge in [0.15, 0.2) is 0 Å². The van der Waals surface area contributed by atoms with Crippen molar-refractivity contribution in [3.05, 3.63) is 29.8 Å². The lowest BCUT2D eigenvalue weighted by Gasteiger charge is -2.29. The summed E-state index contributed by atoms with van der Waals surface area (Å²) in [7, 11) is 0. The summed E-state index contributed by atoms with van der Waals surface area (Å²) in [4.78, 5) is 16.7. The van der Waals surface area contributed by atoms with Crippen LogP contribution < -0.4 is 4.90 Å². The summed E-state index contributed by atoms with van der Waals surface area (Å²) in [5, 5.41) is 10.2. The number of carbonyl (C=O) groups excluding carboxylic acids is 1. The third-order valence-electron chi connectivity index (χ3n) is 5.19. The predicted molar refractivity (Wildman–Crippen MR) is 88.2 cm³/mol. The Morgan fingerprint density at radius 1 is 1.18 bits per heavy atom. The quantitative estimate of drug-likeness (QED) is 0.913. The Kier molecular flexibility index (Phi) is 4.13. The van der Waals surface area contributed by atoms with Gasteiger partial charge < -0.3 is 14.9 Å². The fraction of sp³-hybridized carbons (Fsp3) is 0.611. The average Bonchev–Trinajstić information content (AvgIpc) is 2.81. The highest BCUT2D eigenvalue weighted by molar-refractivity contribution is 5.94. The summed E-state index contributed by atoms with van der Waals surface area (Å²) in [5.74, 6) is 0.138. The van der Waals surface area contributed by atoms with Crippen LogP contribution in [0.4, 0.5) is 5.69 Å². The first-order chi connectivity index (χ1) is 10.5. The van der Waals surface area contributed by atoms with E-state index in [1.165, 1.54) is 24.9 Å². The molecule has 0 radical (unpaired) electrons. The molecular formula is C18H26N2O2. The van der Waals surface area contributed by atoms with Gasteiger partial charge in [-0.15, -0.1) is 0 Å². The van der Waals surface area contributed by atoms with Crippen LogP contribution in [-0.2, 0) is 0 Å². The number of nitrogens with zero attached hydrogens (tertiary/aromatic N) is 2. The molecule has 22 heavy (non-hydrogen) atoms. The first kappa shape index (κ1) is 15.3. The van der Waals surface area contributed by atoms with Crippen molar-refractivity contribution >= 4 is 11.6 Å². The maximum atomic E-state index is 12.6. The van der Waals surface area contributed by atoms with Crippen LogP contribution in [0.15, 0.2) is 24.3 Å². The molecule has 1 N–H and O–H groups in total. The summed E-state index contributed by atoms with van der Waals surface area (Å²) < 4.78 is 0. The largest absolute Gasteiger partial charge is 0.388 e. The fourth-order valence-electron chi connectivity index (χ4n) is 3.44. The monoisotopic (exact) mass is 302 g/mol. The number of hydrogen-bond donors (Lipinski definition) is 1. The Bertz CT molecular complexity index is 533. The zero-order chi connectivity index (χ0) is 15.7. The van der Waals surface area contributed by atoms with E-state index in [4.69, 9.17) is 0 Å². The number of likely N-dealkylation sites (tertiary alicyclic amines) is 1. The lowest BCUT2D eigenvalue weighted by molar-refractivity contribution is 0.0351. The lowest BCUT2D eigenvalue weighted by atomic mass is 9.95. The van der Waals surface area contributed by atoms with Crippen LogP contribution in [0.5, 0.6) is 0 Å². The van der Waals surface area contributed by atoms with Gasteiger partial charge in [-0.25, -0.2) is 0 Å². The van der Waals surface area contributed by atoms with Crippen molar-refractivity contribution in [3.63, 3.8) is 0 Å². The standard InChI is InChI=1S/C18H26N2O2/c1-14-12-20(13-18(14,2)22)17(21)15-6-8-16(9-7-15)19-10-4-3-5-11-19/h6-9,14,22H,3-5,10-13H2,1-2H3. The van der Waals surface area contributed by atoms with E-state index in [1.807, 2.05) is 26.0 Å². The SMILES string of the molecule is CC1CN(C(=O)c2ccc(N3CCCCC3)cc2)CC1(C)O. The molecule has 4 nitrogen and oxygen atoms in total. The summed E-state index contributed by atoms with van der Waals surface area (Å²) in [5.41, 5.74) is 1.15. The van der Waals surface area contributed by atoms with Crippen LogP contribution in [0.1, 0.15) is 43.5 Å². The van der Waals surface area contributed by atoms with E-state index in [1.54, 1.807) is 4.90 Å². The Labute approximate surface area is 132 Å². The van der Waals surface area contributed by atoms with E-state index in [-0.39, 0.29) is 11.8 Å². The van der Waals surface area contributed by atoms with E-state index in [0.717, 1.165) is 13.1 Å². The molecule has 120 valence electrons. The van der Waals surface area contributed by atoms with Crippen LogP contribution >= 0.6 is 0 Å². The molecule has 0 aliphatic carbocycles. The van der Waals surface area contributed by atoms with E-state index in [2.05, 4.69) is 17.0 Å². The van der Waals surface area contributed by atoms with Gasteiger partial charge in [-0.1, -0.05) is 6.92 Å². The molecular weight excluding hydrogens is 276 g/mol. The zero-order valence-electron chi connectivity index (χ0n) is 13.6. The van der Waals surface area contributed by atoms with Crippen LogP contribution in [0.2, 0.25) is 0 Å². The van der Waals surface area contributed by atoms with Crippen molar-refractivity contribution < 1.29 is 9.90 Å². The summed E-state index contributed by atoms with van der Waals surface area (Å²) in [6, 6.07) is 7.94. The van der Waals surface area contributed by atoms with Crippen molar-refractivity contribution in [2.75, 3.05) is 31.1 Å². The number of β-amino-alcohol motifs (C(OH)–C–C–N with tert-alkyl or cyclic N) is 1. The molecule has 4 heteroatoms. The average molecular weight is 302 g/mol. The number of piperidine rings is 1. The van der Waals surface area contributed by atoms with Gasteiger partial charge in [-0.2, -0.15) is 0 Å². The van der Waals surface area contributed by atoms with Crippen LogP contribution in [0.3, 0.4) is 0 Å². The third kappa shape index (κ3) is 2.98. The molecule has 1 aromatic carbocycles. The Morgan fingerprint density at radius 3 is 2.36 bits per heavy atom. The number of rotatable bonds is 2.